The quantitative estimate of drug-likeness (QED) is 0.304. The van der Waals surface area contributed by atoms with Crippen LogP contribution >= 0.6 is 0 Å². The normalized spacial score (nSPS) is 11.8. The molecule has 7 aromatic rings. The van der Waals surface area contributed by atoms with Crippen LogP contribution in [0.2, 0.25) is 0 Å². The molecule has 5 aromatic carbocycles. The van der Waals surface area contributed by atoms with Gasteiger partial charge in [0.05, 0.1) is 16.4 Å². The lowest BCUT2D eigenvalue weighted by Crippen LogP contribution is -1.93. The number of phenols is 1. The van der Waals surface area contributed by atoms with Gasteiger partial charge in [-0.3, -0.25) is 0 Å². The Bertz CT molecular complexity index is 1820. The van der Waals surface area contributed by atoms with Crippen LogP contribution in [-0.2, 0) is 0 Å². The summed E-state index contributed by atoms with van der Waals surface area (Å²) >= 11 is 0. The fourth-order valence-corrected chi connectivity index (χ4v) is 5.00. The van der Waals surface area contributed by atoms with Crippen molar-refractivity contribution in [2.75, 3.05) is 0 Å². The van der Waals surface area contributed by atoms with E-state index in [1.54, 1.807) is 0 Å². The summed E-state index contributed by atoms with van der Waals surface area (Å²) in [6, 6.07) is 37.1. The number of hydrogen-bond acceptors (Lipinski definition) is 2. The second-order valence-electron chi connectivity index (χ2n) is 8.39. The first-order valence-electron chi connectivity index (χ1n) is 11.0. The fraction of sp³-hybridized carbons (Fsp3) is 0. The van der Waals surface area contributed by atoms with Gasteiger partial charge in [0.2, 0.25) is 0 Å². The van der Waals surface area contributed by atoms with E-state index < -0.39 is 0 Å². The Labute approximate surface area is 189 Å². The zero-order valence-corrected chi connectivity index (χ0v) is 17.7. The van der Waals surface area contributed by atoms with Crippen molar-refractivity contribution in [3.8, 4) is 22.6 Å². The number of aromatic hydroxyl groups is 1. The molecule has 0 fully saturated rings. The largest absolute Gasteiger partial charge is 0.507 e. The minimum absolute atomic E-state index is 0.233. The monoisotopic (exact) mass is 425 g/mol. The third-order valence-electron chi connectivity index (χ3n) is 6.48. The molecule has 0 radical (unpaired) electrons. The standard InChI is InChI=1S/C30H19NO2/c32-27-17-20(18-29-30(27)24-11-5-7-13-28(24)33-29)19-14-15-23-22-10-4-6-12-25(22)31(26(23)16-19)21-8-2-1-3-9-21/h1-18,32H. The Hall–Kier alpha value is -4.50. The molecule has 0 unspecified atom stereocenters. The SMILES string of the molecule is Oc1cc(-c2ccc3c4ccccc4n(-c4ccccc4)c3c2)cc2oc3ccccc3c12. The van der Waals surface area contributed by atoms with Crippen molar-refractivity contribution >= 4 is 43.7 Å². The van der Waals surface area contributed by atoms with Gasteiger partial charge in [0.25, 0.3) is 0 Å². The van der Waals surface area contributed by atoms with Gasteiger partial charge in [-0.15, -0.1) is 0 Å². The van der Waals surface area contributed by atoms with E-state index in [9.17, 15) is 5.11 Å². The van der Waals surface area contributed by atoms with E-state index in [0.717, 1.165) is 38.7 Å². The maximum Gasteiger partial charge on any atom is 0.139 e. The lowest BCUT2D eigenvalue weighted by Gasteiger charge is -2.09. The van der Waals surface area contributed by atoms with E-state index in [2.05, 4.69) is 71.3 Å². The average molecular weight is 425 g/mol. The Balaban J connectivity index is 1.51. The molecule has 7 rings (SSSR count). The molecule has 0 saturated carbocycles. The van der Waals surface area contributed by atoms with Crippen molar-refractivity contribution in [1.29, 1.82) is 0 Å². The van der Waals surface area contributed by atoms with Crippen LogP contribution in [-0.4, -0.2) is 9.67 Å². The zero-order valence-electron chi connectivity index (χ0n) is 17.7. The Morgan fingerprint density at radius 3 is 2.15 bits per heavy atom. The summed E-state index contributed by atoms with van der Waals surface area (Å²) in [5.41, 5.74) is 6.84. The van der Waals surface area contributed by atoms with Gasteiger partial charge >= 0.3 is 0 Å². The lowest BCUT2D eigenvalue weighted by atomic mass is 10.0. The predicted octanol–water partition coefficient (Wildman–Crippen LogP) is 8.06. The van der Waals surface area contributed by atoms with Crippen molar-refractivity contribution in [3.63, 3.8) is 0 Å². The summed E-state index contributed by atoms with van der Waals surface area (Å²) in [5.74, 6) is 0.233. The molecule has 156 valence electrons. The maximum atomic E-state index is 10.9. The van der Waals surface area contributed by atoms with Crippen LogP contribution in [0, 0.1) is 0 Å². The highest BCUT2D eigenvalue weighted by molar-refractivity contribution is 6.11. The summed E-state index contributed by atoms with van der Waals surface area (Å²) in [6.45, 7) is 0. The summed E-state index contributed by atoms with van der Waals surface area (Å²) in [6.07, 6.45) is 0. The highest BCUT2D eigenvalue weighted by Crippen LogP contribution is 2.40. The summed E-state index contributed by atoms with van der Waals surface area (Å²) < 4.78 is 8.36. The van der Waals surface area contributed by atoms with E-state index in [4.69, 9.17) is 4.42 Å². The molecule has 3 nitrogen and oxygen atoms in total. The van der Waals surface area contributed by atoms with E-state index in [0.29, 0.717) is 5.58 Å². The number of rotatable bonds is 2. The molecule has 2 heterocycles. The van der Waals surface area contributed by atoms with Crippen molar-refractivity contribution in [2.45, 2.75) is 0 Å². The van der Waals surface area contributed by atoms with Crippen LogP contribution in [0.15, 0.2) is 114 Å². The lowest BCUT2D eigenvalue weighted by molar-refractivity contribution is 0.482. The minimum Gasteiger partial charge on any atom is -0.507 e. The van der Waals surface area contributed by atoms with Gasteiger partial charge in [0.15, 0.2) is 0 Å². The van der Waals surface area contributed by atoms with Crippen molar-refractivity contribution in [3.05, 3.63) is 109 Å². The highest BCUT2D eigenvalue weighted by Gasteiger charge is 2.16. The molecule has 1 N–H and O–H groups in total. The van der Waals surface area contributed by atoms with E-state index >= 15 is 0 Å². The van der Waals surface area contributed by atoms with Gasteiger partial charge < -0.3 is 14.1 Å². The van der Waals surface area contributed by atoms with Gasteiger partial charge in [-0.25, -0.2) is 0 Å². The number of nitrogens with zero attached hydrogens (tertiary/aromatic N) is 1. The number of furan rings is 1. The molecule has 0 aliphatic rings. The Morgan fingerprint density at radius 2 is 1.27 bits per heavy atom. The third-order valence-corrected chi connectivity index (χ3v) is 6.48. The molecular weight excluding hydrogens is 406 g/mol. The van der Waals surface area contributed by atoms with Gasteiger partial charge in [0.1, 0.15) is 16.9 Å². The highest BCUT2D eigenvalue weighted by atomic mass is 16.3. The van der Waals surface area contributed by atoms with Crippen molar-refractivity contribution < 1.29 is 9.52 Å². The fourth-order valence-electron chi connectivity index (χ4n) is 5.00. The van der Waals surface area contributed by atoms with Gasteiger partial charge in [-0.1, -0.05) is 66.7 Å². The smallest absolute Gasteiger partial charge is 0.139 e. The molecular formula is C30H19NO2. The topological polar surface area (TPSA) is 38.3 Å². The molecule has 33 heavy (non-hydrogen) atoms. The van der Waals surface area contributed by atoms with Gasteiger partial charge in [-0.2, -0.15) is 0 Å². The summed E-state index contributed by atoms with van der Waals surface area (Å²) in [5, 5.41) is 15.0. The molecule has 0 saturated heterocycles. The van der Waals surface area contributed by atoms with Crippen LogP contribution in [0.5, 0.6) is 5.75 Å². The zero-order chi connectivity index (χ0) is 21.9. The second kappa shape index (κ2) is 6.75. The van der Waals surface area contributed by atoms with Crippen LogP contribution in [0.1, 0.15) is 0 Å². The van der Waals surface area contributed by atoms with E-state index in [1.807, 2.05) is 42.5 Å². The Kier molecular flexibility index (Phi) is 3.70. The number of para-hydroxylation sites is 3. The van der Waals surface area contributed by atoms with Crippen molar-refractivity contribution in [2.24, 2.45) is 0 Å². The van der Waals surface area contributed by atoms with E-state index in [1.165, 1.54) is 16.3 Å². The number of hydrogen-bond donors (Lipinski definition) is 1. The van der Waals surface area contributed by atoms with E-state index in [-0.39, 0.29) is 5.75 Å². The first-order valence-corrected chi connectivity index (χ1v) is 11.0. The molecule has 3 heteroatoms. The molecule has 0 amide bonds. The number of benzene rings is 5. The summed E-state index contributed by atoms with van der Waals surface area (Å²) in [4.78, 5) is 0. The predicted molar refractivity (Wildman–Crippen MR) is 135 cm³/mol. The van der Waals surface area contributed by atoms with Crippen LogP contribution < -0.4 is 0 Å². The minimum atomic E-state index is 0.233. The number of aromatic nitrogens is 1. The molecule has 0 aliphatic heterocycles. The third kappa shape index (κ3) is 2.63. The first kappa shape index (κ1) is 18.1. The van der Waals surface area contributed by atoms with Crippen LogP contribution in [0.3, 0.4) is 0 Å². The molecule has 0 bridgehead atoms. The van der Waals surface area contributed by atoms with Crippen LogP contribution in [0.25, 0.3) is 60.6 Å². The molecule has 2 aromatic heterocycles. The number of phenolic OH excluding ortho intramolecular Hbond substituents is 1. The average Bonchev–Trinajstić information content (AvgIpc) is 3.40. The maximum absolute atomic E-state index is 10.9. The Morgan fingerprint density at radius 1 is 0.545 bits per heavy atom. The second-order valence-corrected chi connectivity index (χ2v) is 8.39. The summed E-state index contributed by atoms with van der Waals surface area (Å²) in [7, 11) is 0. The van der Waals surface area contributed by atoms with Gasteiger partial charge in [0, 0.05) is 21.8 Å². The molecule has 0 atom stereocenters. The van der Waals surface area contributed by atoms with Crippen molar-refractivity contribution in [1.82, 2.24) is 4.57 Å². The molecule has 0 spiro atoms. The van der Waals surface area contributed by atoms with Gasteiger partial charge in [-0.05, 0) is 53.6 Å². The molecule has 0 aliphatic carbocycles. The number of fused-ring (bicyclic) bond motifs is 6. The van der Waals surface area contributed by atoms with Crippen LogP contribution in [0.4, 0.5) is 0 Å². The first-order chi connectivity index (χ1) is 16.3.